The van der Waals surface area contributed by atoms with Crippen LogP contribution in [-0.2, 0) is 0 Å². The third-order valence-electron chi connectivity index (χ3n) is 1.83. The fraction of sp³-hybridized carbons (Fsp3) is 0. The second kappa shape index (κ2) is 3.06. The molecule has 0 atom stereocenters. The van der Waals surface area contributed by atoms with E-state index in [9.17, 15) is 8.78 Å². The summed E-state index contributed by atoms with van der Waals surface area (Å²) in [5, 5.41) is -0.251. The van der Waals surface area contributed by atoms with Gasteiger partial charge in [-0.3, -0.25) is 4.98 Å². The third kappa shape index (κ3) is 1.28. The van der Waals surface area contributed by atoms with Crippen LogP contribution in [0.1, 0.15) is 0 Å². The molecule has 0 aliphatic carbocycles. The van der Waals surface area contributed by atoms with Crippen LogP contribution in [0.5, 0.6) is 0 Å². The maximum Gasteiger partial charge on any atom is 0.170 e. The van der Waals surface area contributed by atoms with Crippen molar-refractivity contribution in [2.24, 2.45) is 0 Å². The van der Waals surface area contributed by atoms with Crippen LogP contribution in [0.4, 0.5) is 14.5 Å². The van der Waals surface area contributed by atoms with E-state index >= 15 is 0 Å². The number of nitrogens with zero attached hydrogens (tertiary/aromatic N) is 1. The fourth-order valence-corrected chi connectivity index (χ4v) is 1.34. The Morgan fingerprint density at radius 1 is 1.29 bits per heavy atom. The highest BCUT2D eigenvalue weighted by atomic mass is 35.5. The summed E-state index contributed by atoms with van der Waals surface area (Å²) in [6.45, 7) is 0. The SMILES string of the molecule is Nc1cnc2c(F)c(Cl)c(F)cc2c1. The van der Waals surface area contributed by atoms with Crippen molar-refractivity contribution in [3.05, 3.63) is 35.0 Å². The molecule has 0 bridgehead atoms. The summed E-state index contributed by atoms with van der Waals surface area (Å²) in [6.07, 6.45) is 1.29. The topological polar surface area (TPSA) is 38.9 Å². The minimum absolute atomic E-state index is 0.0191. The number of benzene rings is 1. The Balaban J connectivity index is 2.91. The number of hydrogen-bond acceptors (Lipinski definition) is 2. The first-order valence-corrected chi connectivity index (χ1v) is 4.16. The first kappa shape index (κ1) is 9.15. The Morgan fingerprint density at radius 3 is 2.71 bits per heavy atom. The molecular weight excluding hydrogens is 210 g/mol. The number of nitrogen functional groups attached to an aromatic ring is 1. The molecule has 5 heteroatoms. The first-order valence-electron chi connectivity index (χ1n) is 3.78. The van der Waals surface area contributed by atoms with Crippen LogP contribution in [-0.4, -0.2) is 4.98 Å². The predicted molar refractivity (Wildman–Crippen MR) is 51.1 cm³/mol. The molecule has 1 aromatic carbocycles. The summed E-state index contributed by atoms with van der Waals surface area (Å²) in [6, 6.07) is 2.54. The van der Waals surface area contributed by atoms with Crippen LogP contribution in [0.25, 0.3) is 10.9 Å². The first-order chi connectivity index (χ1) is 6.59. The lowest BCUT2D eigenvalue weighted by Crippen LogP contribution is -1.92. The van der Waals surface area contributed by atoms with Gasteiger partial charge >= 0.3 is 0 Å². The molecule has 1 aromatic heterocycles. The molecule has 0 saturated carbocycles. The zero-order chi connectivity index (χ0) is 10.3. The van der Waals surface area contributed by atoms with E-state index in [0.29, 0.717) is 11.1 Å². The summed E-state index contributed by atoms with van der Waals surface area (Å²) in [4.78, 5) is 3.73. The molecule has 14 heavy (non-hydrogen) atoms. The van der Waals surface area contributed by atoms with E-state index in [4.69, 9.17) is 17.3 Å². The van der Waals surface area contributed by atoms with Crippen molar-refractivity contribution in [1.29, 1.82) is 0 Å². The molecule has 0 fully saturated rings. The summed E-state index contributed by atoms with van der Waals surface area (Å²) in [5.41, 5.74) is 5.79. The Bertz CT molecular complexity index is 514. The zero-order valence-corrected chi connectivity index (χ0v) is 7.65. The molecule has 2 N–H and O–H groups in total. The number of pyridine rings is 1. The number of hydrogen-bond donors (Lipinski definition) is 1. The summed E-state index contributed by atoms with van der Waals surface area (Å²) < 4.78 is 26.3. The molecule has 1 heterocycles. The molecule has 2 rings (SSSR count). The molecule has 0 saturated heterocycles. The van der Waals surface area contributed by atoms with Gasteiger partial charge in [-0.1, -0.05) is 11.6 Å². The van der Waals surface area contributed by atoms with Crippen molar-refractivity contribution in [1.82, 2.24) is 4.98 Å². The number of anilines is 1. The van der Waals surface area contributed by atoms with Crippen molar-refractivity contribution in [2.75, 3.05) is 5.73 Å². The van der Waals surface area contributed by atoms with Crippen LogP contribution in [0, 0.1) is 11.6 Å². The van der Waals surface area contributed by atoms with Crippen molar-refractivity contribution in [2.45, 2.75) is 0 Å². The second-order valence-electron chi connectivity index (χ2n) is 2.83. The predicted octanol–water partition coefficient (Wildman–Crippen LogP) is 2.75. The van der Waals surface area contributed by atoms with Crippen molar-refractivity contribution in [3.63, 3.8) is 0 Å². The molecule has 0 spiro atoms. The van der Waals surface area contributed by atoms with Gasteiger partial charge in [0.2, 0.25) is 0 Å². The molecule has 2 aromatic rings. The lowest BCUT2D eigenvalue weighted by molar-refractivity contribution is 0.591. The average molecular weight is 215 g/mol. The van der Waals surface area contributed by atoms with Gasteiger partial charge in [0.05, 0.1) is 11.9 Å². The van der Waals surface area contributed by atoms with Crippen molar-refractivity contribution < 1.29 is 8.78 Å². The minimum Gasteiger partial charge on any atom is -0.397 e. The Kier molecular flexibility index (Phi) is 2.00. The van der Waals surface area contributed by atoms with Crippen molar-refractivity contribution >= 4 is 28.2 Å². The number of halogens is 3. The van der Waals surface area contributed by atoms with Gasteiger partial charge in [-0.25, -0.2) is 8.78 Å². The summed E-state index contributed by atoms with van der Waals surface area (Å²) in [5.74, 6) is -1.68. The van der Waals surface area contributed by atoms with Gasteiger partial charge in [-0.2, -0.15) is 0 Å². The van der Waals surface area contributed by atoms with E-state index < -0.39 is 16.7 Å². The van der Waals surface area contributed by atoms with Crippen LogP contribution in [0.3, 0.4) is 0 Å². The number of fused-ring (bicyclic) bond motifs is 1. The molecule has 0 aliphatic rings. The molecule has 0 amide bonds. The maximum atomic E-state index is 13.3. The molecule has 0 unspecified atom stereocenters. The highest BCUT2D eigenvalue weighted by Gasteiger charge is 2.12. The summed E-state index contributed by atoms with van der Waals surface area (Å²) in [7, 11) is 0. The van der Waals surface area contributed by atoms with Gasteiger partial charge in [-0.15, -0.1) is 0 Å². The van der Waals surface area contributed by atoms with E-state index in [0.717, 1.165) is 6.07 Å². The lowest BCUT2D eigenvalue weighted by Gasteiger charge is -2.02. The fourth-order valence-electron chi connectivity index (χ4n) is 1.20. The Labute approximate surface area is 83.3 Å². The number of aromatic nitrogens is 1. The molecular formula is C9H5ClF2N2. The van der Waals surface area contributed by atoms with Gasteiger partial charge in [0.25, 0.3) is 0 Å². The van der Waals surface area contributed by atoms with Crippen LogP contribution in [0.15, 0.2) is 18.3 Å². The van der Waals surface area contributed by atoms with Gasteiger partial charge in [0.15, 0.2) is 5.82 Å². The van der Waals surface area contributed by atoms with Gasteiger partial charge in [0.1, 0.15) is 16.4 Å². The molecule has 0 aliphatic heterocycles. The number of rotatable bonds is 0. The smallest absolute Gasteiger partial charge is 0.170 e. The quantitative estimate of drug-likeness (QED) is 0.685. The molecule has 72 valence electrons. The monoisotopic (exact) mass is 214 g/mol. The van der Waals surface area contributed by atoms with Gasteiger partial charge in [-0.05, 0) is 12.1 Å². The van der Waals surface area contributed by atoms with Gasteiger partial charge < -0.3 is 5.73 Å². The standard InChI is InChI=1S/C9H5ClF2N2/c10-7-6(11)2-4-1-5(13)3-14-9(4)8(7)12/h1-3H,13H2. The minimum atomic E-state index is -0.860. The van der Waals surface area contributed by atoms with E-state index in [2.05, 4.69) is 4.98 Å². The van der Waals surface area contributed by atoms with Crippen molar-refractivity contribution in [3.8, 4) is 0 Å². The highest BCUT2D eigenvalue weighted by Crippen LogP contribution is 2.26. The van der Waals surface area contributed by atoms with Crippen LogP contribution >= 0.6 is 11.6 Å². The summed E-state index contributed by atoms with van der Waals surface area (Å²) >= 11 is 5.38. The zero-order valence-electron chi connectivity index (χ0n) is 6.89. The van der Waals surface area contributed by atoms with E-state index in [1.807, 2.05) is 0 Å². The molecule has 0 radical (unpaired) electrons. The van der Waals surface area contributed by atoms with E-state index in [-0.39, 0.29) is 5.52 Å². The Hall–Kier alpha value is -1.42. The average Bonchev–Trinajstić information content (AvgIpc) is 2.14. The largest absolute Gasteiger partial charge is 0.397 e. The third-order valence-corrected chi connectivity index (χ3v) is 2.18. The number of nitrogens with two attached hydrogens (primary N) is 1. The second-order valence-corrected chi connectivity index (χ2v) is 3.20. The molecule has 2 nitrogen and oxygen atoms in total. The Morgan fingerprint density at radius 2 is 2.00 bits per heavy atom. The van der Waals surface area contributed by atoms with E-state index in [1.165, 1.54) is 12.3 Å². The van der Waals surface area contributed by atoms with Crippen LogP contribution < -0.4 is 5.73 Å². The highest BCUT2D eigenvalue weighted by molar-refractivity contribution is 6.31. The van der Waals surface area contributed by atoms with Crippen LogP contribution in [0.2, 0.25) is 5.02 Å². The van der Waals surface area contributed by atoms with Gasteiger partial charge in [0, 0.05) is 5.39 Å². The van der Waals surface area contributed by atoms with E-state index in [1.54, 1.807) is 0 Å². The normalized spacial score (nSPS) is 10.8. The maximum absolute atomic E-state index is 13.3. The lowest BCUT2D eigenvalue weighted by atomic mass is 10.2.